The van der Waals surface area contributed by atoms with Crippen molar-refractivity contribution in [2.45, 2.75) is 87.1 Å². The molecule has 0 aromatic heterocycles. The summed E-state index contributed by atoms with van der Waals surface area (Å²) in [6.07, 6.45) is 8.88. The third-order valence-corrected chi connectivity index (χ3v) is 11.3. The van der Waals surface area contributed by atoms with Crippen LogP contribution in [-0.2, 0) is 9.31 Å². The zero-order valence-corrected chi connectivity index (χ0v) is 22.9. The van der Waals surface area contributed by atoms with Gasteiger partial charge in [-0.2, -0.15) is 0 Å². The minimum Gasteiger partial charge on any atom is -0.399 e. The van der Waals surface area contributed by atoms with E-state index in [-0.39, 0.29) is 18.3 Å². The van der Waals surface area contributed by atoms with Gasteiger partial charge < -0.3 is 9.31 Å². The second-order valence-electron chi connectivity index (χ2n) is 13.1. The fourth-order valence-electron chi connectivity index (χ4n) is 7.69. The van der Waals surface area contributed by atoms with Gasteiger partial charge in [0, 0.05) is 9.64 Å². The van der Waals surface area contributed by atoms with Crippen LogP contribution in [0.25, 0.3) is 21.9 Å². The van der Waals surface area contributed by atoms with Gasteiger partial charge >= 0.3 is 7.12 Å². The summed E-state index contributed by atoms with van der Waals surface area (Å²) in [6, 6.07) is 22.7. The molecule has 1 heterocycles. The highest BCUT2D eigenvalue weighted by atomic mass is 32.2. The van der Waals surface area contributed by atoms with Crippen molar-refractivity contribution in [2.75, 3.05) is 0 Å². The predicted octanol–water partition coefficient (Wildman–Crippen LogP) is 7.87. The molecule has 4 saturated carbocycles. The Morgan fingerprint density at radius 3 is 1.81 bits per heavy atom. The van der Waals surface area contributed by atoms with Crippen LogP contribution >= 0.6 is 11.8 Å². The average molecular weight is 497 g/mol. The van der Waals surface area contributed by atoms with E-state index in [0.717, 1.165) is 23.2 Å². The second-order valence-corrected chi connectivity index (χ2v) is 14.7. The lowest BCUT2D eigenvalue weighted by molar-refractivity contribution is 0.00578. The molecule has 0 unspecified atom stereocenters. The van der Waals surface area contributed by atoms with Crippen LogP contribution in [0.1, 0.15) is 66.2 Å². The monoisotopic (exact) mass is 496 g/mol. The largest absolute Gasteiger partial charge is 0.494 e. The second kappa shape index (κ2) is 8.12. The third kappa shape index (κ3) is 3.96. The summed E-state index contributed by atoms with van der Waals surface area (Å²) < 4.78 is 13.1. The van der Waals surface area contributed by atoms with Crippen molar-refractivity contribution in [3.05, 3.63) is 60.7 Å². The molecule has 8 rings (SSSR count). The molecule has 2 nitrogen and oxygen atoms in total. The highest BCUT2D eigenvalue weighted by Gasteiger charge is 2.52. The van der Waals surface area contributed by atoms with Crippen LogP contribution in [0.15, 0.2) is 65.6 Å². The molecular formula is C32H37BO2S. The molecule has 186 valence electrons. The van der Waals surface area contributed by atoms with Crippen LogP contribution in [0.3, 0.4) is 0 Å². The van der Waals surface area contributed by atoms with Gasteiger partial charge in [0.2, 0.25) is 0 Å². The minimum atomic E-state index is -0.323. The lowest BCUT2D eigenvalue weighted by Crippen LogP contribution is -2.48. The molecule has 4 bridgehead atoms. The quantitative estimate of drug-likeness (QED) is 0.343. The summed E-state index contributed by atoms with van der Waals surface area (Å²) in [4.78, 5) is 1.45. The van der Waals surface area contributed by atoms with Crippen molar-refractivity contribution in [2.24, 2.45) is 17.8 Å². The molecular weight excluding hydrogens is 459 g/mol. The van der Waals surface area contributed by atoms with Gasteiger partial charge in [-0.3, -0.25) is 0 Å². The smallest absolute Gasteiger partial charge is 0.399 e. The Morgan fingerprint density at radius 2 is 1.19 bits per heavy atom. The van der Waals surface area contributed by atoms with E-state index in [0.29, 0.717) is 4.75 Å². The van der Waals surface area contributed by atoms with Crippen molar-refractivity contribution in [1.82, 2.24) is 0 Å². The van der Waals surface area contributed by atoms with E-state index < -0.39 is 0 Å². The molecule has 0 N–H and O–H groups in total. The number of fused-ring (bicyclic) bond motifs is 1. The Morgan fingerprint density at radius 1 is 0.667 bits per heavy atom. The zero-order chi connectivity index (χ0) is 24.7. The summed E-state index contributed by atoms with van der Waals surface area (Å²) in [5.74, 6) is 3.02. The van der Waals surface area contributed by atoms with E-state index in [1.165, 1.54) is 65.3 Å². The van der Waals surface area contributed by atoms with Gasteiger partial charge in [0.25, 0.3) is 0 Å². The summed E-state index contributed by atoms with van der Waals surface area (Å²) in [5, 5.41) is 2.47. The molecule has 0 atom stereocenters. The summed E-state index contributed by atoms with van der Waals surface area (Å²) in [5.41, 5.74) is 3.01. The SMILES string of the molecule is CC1(C)OB(c2ccc3cc(-c4ccc(SC56CC7CC(CC(C7)C5)C6)cc4)ccc3c2)OC1(C)C. The maximum Gasteiger partial charge on any atom is 0.494 e. The van der Waals surface area contributed by atoms with Gasteiger partial charge in [-0.1, -0.05) is 42.5 Å². The molecule has 1 aliphatic heterocycles. The molecule has 0 amide bonds. The maximum absolute atomic E-state index is 6.27. The van der Waals surface area contributed by atoms with Crippen LogP contribution in [0.4, 0.5) is 0 Å². The Hall–Kier alpha value is -1.75. The number of benzene rings is 3. The molecule has 4 heteroatoms. The van der Waals surface area contributed by atoms with E-state index in [1.807, 2.05) is 0 Å². The molecule has 1 saturated heterocycles. The first-order valence-corrected chi connectivity index (χ1v) is 14.7. The van der Waals surface area contributed by atoms with E-state index >= 15 is 0 Å². The van der Waals surface area contributed by atoms with Crippen molar-refractivity contribution < 1.29 is 9.31 Å². The van der Waals surface area contributed by atoms with Crippen molar-refractivity contribution >= 4 is 35.1 Å². The van der Waals surface area contributed by atoms with Crippen LogP contribution < -0.4 is 5.46 Å². The summed E-state index contributed by atoms with van der Waals surface area (Å²) in [6.45, 7) is 8.42. The molecule has 0 spiro atoms. The molecule has 3 aromatic rings. The first kappa shape index (κ1) is 23.4. The topological polar surface area (TPSA) is 18.5 Å². The predicted molar refractivity (Wildman–Crippen MR) is 152 cm³/mol. The van der Waals surface area contributed by atoms with E-state index in [9.17, 15) is 0 Å². The standard InChI is InChI=1S/C32H37BO2S/c1-30(2)31(3,4)35-33(34-30)28-10-7-26-16-25(5-6-27(26)17-28)24-8-11-29(12-9-24)36-32-18-21-13-22(19-32)15-23(14-21)20-32/h5-12,16-17,21-23H,13-15,18-20H2,1-4H3. The molecule has 36 heavy (non-hydrogen) atoms. The van der Waals surface area contributed by atoms with E-state index in [1.54, 1.807) is 0 Å². The van der Waals surface area contributed by atoms with Crippen molar-refractivity contribution in [3.63, 3.8) is 0 Å². The van der Waals surface area contributed by atoms with E-state index in [2.05, 4.69) is 100 Å². The van der Waals surface area contributed by atoms with Gasteiger partial charge in [0.05, 0.1) is 11.2 Å². The minimum absolute atomic E-state index is 0.321. The first-order valence-electron chi connectivity index (χ1n) is 13.9. The summed E-state index contributed by atoms with van der Waals surface area (Å²) in [7, 11) is -0.321. The van der Waals surface area contributed by atoms with Crippen LogP contribution in [0.5, 0.6) is 0 Å². The van der Waals surface area contributed by atoms with Gasteiger partial charge in [-0.25, -0.2) is 0 Å². The van der Waals surface area contributed by atoms with Gasteiger partial charge in [0.15, 0.2) is 0 Å². The lowest BCUT2D eigenvalue weighted by atomic mass is 9.56. The fraction of sp³-hybridized carbons (Fsp3) is 0.500. The van der Waals surface area contributed by atoms with E-state index in [4.69, 9.17) is 9.31 Å². The number of thioether (sulfide) groups is 1. The van der Waals surface area contributed by atoms with Crippen LogP contribution in [0.2, 0.25) is 0 Å². The van der Waals surface area contributed by atoms with Crippen molar-refractivity contribution in [3.8, 4) is 11.1 Å². The van der Waals surface area contributed by atoms with Gasteiger partial charge in [-0.05, 0) is 130 Å². The Bertz CT molecular complexity index is 1260. The van der Waals surface area contributed by atoms with Crippen molar-refractivity contribution in [1.29, 1.82) is 0 Å². The molecule has 0 radical (unpaired) electrons. The molecule has 5 aliphatic rings. The number of hydrogen-bond acceptors (Lipinski definition) is 3. The normalized spacial score (nSPS) is 31.9. The lowest BCUT2D eigenvalue weighted by Gasteiger charge is -2.56. The van der Waals surface area contributed by atoms with Gasteiger partial charge in [-0.15, -0.1) is 11.8 Å². The highest BCUT2D eigenvalue weighted by molar-refractivity contribution is 8.00. The Balaban J connectivity index is 1.09. The Labute approximate surface area is 220 Å². The zero-order valence-electron chi connectivity index (χ0n) is 22.1. The molecule has 4 aliphatic carbocycles. The third-order valence-electron chi connectivity index (χ3n) is 9.89. The van der Waals surface area contributed by atoms with Crippen LogP contribution in [0, 0.1) is 17.8 Å². The Kier molecular flexibility index (Phi) is 5.28. The number of hydrogen-bond donors (Lipinski definition) is 0. The highest BCUT2D eigenvalue weighted by Crippen LogP contribution is 2.61. The van der Waals surface area contributed by atoms with Crippen LogP contribution in [-0.4, -0.2) is 23.1 Å². The maximum atomic E-state index is 6.27. The average Bonchev–Trinajstić information content (AvgIpc) is 3.04. The first-order chi connectivity index (χ1) is 17.2. The molecule has 5 fully saturated rings. The number of rotatable bonds is 4. The molecule has 3 aromatic carbocycles. The fourth-order valence-corrected chi connectivity index (χ4v) is 9.42. The summed E-state index contributed by atoms with van der Waals surface area (Å²) >= 11 is 2.20. The van der Waals surface area contributed by atoms with Gasteiger partial charge in [0.1, 0.15) is 0 Å².